The fraction of sp³-hybridized carbons (Fsp3) is 0.300. The Morgan fingerprint density at radius 1 is 1.04 bits per heavy atom. The number of urea groups is 1. The first-order valence-corrected chi connectivity index (χ1v) is 8.76. The van der Waals surface area contributed by atoms with Gasteiger partial charge in [0.1, 0.15) is 12.3 Å². The van der Waals surface area contributed by atoms with E-state index in [0.717, 1.165) is 23.5 Å². The molecule has 1 saturated heterocycles. The maximum absolute atomic E-state index is 12.7. The smallest absolute Gasteiger partial charge is 0.325 e. The molecular weight excluding hydrogens is 330 g/mol. The van der Waals surface area contributed by atoms with Crippen LogP contribution in [-0.2, 0) is 11.2 Å². The standard InChI is InChI=1S/C20H21N3O3/c1-26-17-8-6-16(7-9-17)22-13-12-21(20(22)25)14-19(24)23-11-10-15-4-2-3-5-18(15)23/h2-9H,10-14H2,1H3. The van der Waals surface area contributed by atoms with Crippen LogP contribution in [-0.4, -0.2) is 50.1 Å². The number of hydrogen-bond donors (Lipinski definition) is 0. The highest BCUT2D eigenvalue weighted by Gasteiger charge is 2.33. The van der Waals surface area contributed by atoms with Gasteiger partial charge in [-0.3, -0.25) is 9.69 Å². The van der Waals surface area contributed by atoms with Crippen LogP contribution in [0.25, 0.3) is 0 Å². The van der Waals surface area contributed by atoms with Crippen molar-refractivity contribution in [2.24, 2.45) is 0 Å². The molecule has 1 fully saturated rings. The first-order chi connectivity index (χ1) is 12.7. The molecule has 6 nitrogen and oxygen atoms in total. The molecule has 0 radical (unpaired) electrons. The van der Waals surface area contributed by atoms with Crippen molar-refractivity contribution < 1.29 is 14.3 Å². The average molecular weight is 351 g/mol. The van der Waals surface area contributed by atoms with Crippen molar-refractivity contribution in [1.82, 2.24) is 4.90 Å². The molecule has 2 aromatic rings. The Balaban J connectivity index is 1.43. The van der Waals surface area contributed by atoms with Crippen molar-refractivity contribution in [1.29, 1.82) is 0 Å². The topological polar surface area (TPSA) is 53.1 Å². The van der Waals surface area contributed by atoms with Crippen molar-refractivity contribution in [3.05, 3.63) is 54.1 Å². The number of benzene rings is 2. The average Bonchev–Trinajstić information content (AvgIpc) is 3.26. The Morgan fingerprint density at radius 3 is 2.58 bits per heavy atom. The fourth-order valence-electron chi connectivity index (χ4n) is 3.58. The van der Waals surface area contributed by atoms with E-state index < -0.39 is 0 Å². The van der Waals surface area contributed by atoms with Crippen LogP contribution in [0.3, 0.4) is 0 Å². The predicted octanol–water partition coefficient (Wildman–Crippen LogP) is 2.53. The molecule has 0 bridgehead atoms. The summed E-state index contributed by atoms with van der Waals surface area (Å²) in [5, 5.41) is 0. The van der Waals surface area contributed by atoms with Gasteiger partial charge in [0.2, 0.25) is 5.91 Å². The molecule has 0 spiro atoms. The van der Waals surface area contributed by atoms with E-state index in [9.17, 15) is 9.59 Å². The lowest BCUT2D eigenvalue weighted by Gasteiger charge is -2.22. The van der Waals surface area contributed by atoms with E-state index in [2.05, 4.69) is 6.07 Å². The van der Waals surface area contributed by atoms with E-state index in [-0.39, 0.29) is 18.5 Å². The number of fused-ring (bicyclic) bond motifs is 1. The zero-order valence-corrected chi connectivity index (χ0v) is 14.7. The molecular formula is C20H21N3O3. The zero-order chi connectivity index (χ0) is 18.1. The lowest BCUT2D eigenvalue weighted by atomic mass is 10.2. The molecule has 0 N–H and O–H groups in total. The summed E-state index contributed by atoms with van der Waals surface area (Å²) in [5.41, 5.74) is 2.97. The Labute approximate surface area is 152 Å². The molecule has 0 aromatic heterocycles. The number of amides is 3. The highest BCUT2D eigenvalue weighted by Crippen LogP contribution is 2.28. The first-order valence-electron chi connectivity index (χ1n) is 8.76. The second kappa shape index (κ2) is 6.71. The van der Waals surface area contributed by atoms with E-state index in [1.165, 1.54) is 5.56 Å². The maximum atomic E-state index is 12.7. The van der Waals surface area contributed by atoms with Crippen LogP contribution in [0.1, 0.15) is 5.56 Å². The predicted molar refractivity (Wildman–Crippen MR) is 99.8 cm³/mol. The number of carbonyl (C=O) groups is 2. The summed E-state index contributed by atoms with van der Waals surface area (Å²) in [7, 11) is 1.61. The molecule has 0 saturated carbocycles. The third kappa shape index (κ3) is 2.87. The van der Waals surface area contributed by atoms with Gasteiger partial charge in [-0.05, 0) is 42.3 Å². The minimum Gasteiger partial charge on any atom is -0.497 e. The van der Waals surface area contributed by atoms with Crippen LogP contribution in [0, 0.1) is 0 Å². The molecule has 2 heterocycles. The SMILES string of the molecule is COc1ccc(N2CCN(CC(=O)N3CCc4ccccc43)C2=O)cc1. The lowest BCUT2D eigenvalue weighted by Crippen LogP contribution is -2.41. The van der Waals surface area contributed by atoms with Gasteiger partial charge in [-0.1, -0.05) is 18.2 Å². The van der Waals surface area contributed by atoms with Gasteiger partial charge >= 0.3 is 6.03 Å². The Kier molecular flexibility index (Phi) is 4.24. The summed E-state index contributed by atoms with van der Waals surface area (Å²) in [6, 6.07) is 15.2. The Hall–Kier alpha value is -3.02. The number of ether oxygens (including phenoxy) is 1. The van der Waals surface area contributed by atoms with E-state index in [4.69, 9.17) is 4.74 Å². The van der Waals surface area contributed by atoms with Crippen LogP contribution in [0.2, 0.25) is 0 Å². The highest BCUT2D eigenvalue weighted by atomic mass is 16.5. The monoisotopic (exact) mass is 351 g/mol. The number of anilines is 2. The molecule has 0 aliphatic carbocycles. The van der Waals surface area contributed by atoms with E-state index in [0.29, 0.717) is 19.6 Å². The number of para-hydroxylation sites is 1. The second-order valence-corrected chi connectivity index (χ2v) is 6.48. The molecule has 2 aliphatic heterocycles. The zero-order valence-electron chi connectivity index (χ0n) is 14.7. The molecule has 0 atom stereocenters. The van der Waals surface area contributed by atoms with Crippen molar-refractivity contribution in [2.75, 3.05) is 43.1 Å². The summed E-state index contributed by atoms with van der Waals surface area (Å²) < 4.78 is 5.15. The summed E-state index contributed by atoms with van der Waals surface area (Å²) in [6.07, 6.45) is 0.869. The molecule has 134 valence electrons. The molecule has 26 heavy (non-hydrogen) atoms. The summed E-state index contributed by atoms with van der Waals surface area (Å²) in [6.45, 7) is 1.92. The summed E-state index contributed by atoms with van der Waals surface area (Å²) in [5.74, 6) is 0.722. The molecule has 3 amide bonds. The van der Waals surface area contributed by atoms with E-state index in [1.807, 2.05) is 42.5 Å². The van der Waals surface area contributed by atoms with Gasteiger partial charge in [0.15, 0.2) is 0 Å². The normalized spacial score (nSPS) is 16.2. The molecule has 4 rings (SSSR count). The molecule has 0 unspecified atom stereocenters. The summed E-state index contributed by atoms with van der Waals surface area (Å²) in [4.78, 5) is 30.5. The lowest BCUT2D eigenvalue weighted by molar-refractivity contribution is -0.118. The van der Waals surface area contributed by atoms with Crippen molar-refractivity contribution >= 4 is 23.3 Å². The van der Waals surface area contributed by atoms with Crippen molar-refractivity contribution in [3.8, 4) is 5.75 Å². The van der Waals surface area contributed by atoms with Gasteiger partial charge in [0.25, 0.3) is 0 Å². The molecule has 2 aliphatic rings. The third-order valence-electron chi connectivity index (χ3n) is 4.99. The van der Waals surface area contributed by atoms with Gasteiger partial charge in [-0.15, -0.1) is 0 Å². The number of carbonyl (C=O) groups excluding carboxylic acids is 2. The summed E-state index contributed by atoms with van der Waals surface area (Å²) >= 11 is 0. The number of methoxy groups -OCH3 is 1. The van der Waals surface area contributed by atoms with Crippen LogP contribution in [0.4, 0.5) is 16.2 Å². The van der Waals surface area contributed by atoms with Crippen LogP contribution in [0.5, 0.6) is 5.75 Å². The Morgan fingerprint density at radius 2 is 1.81 bits per heavy atom. The largest absolute Gasteiger partial charge is 0.497 e. The van der Waals surface area contributed by atoms with Gasteiger partial charge in [0, 0.05) is 31.0 Å². The quantitative estimate of drug-likeness (QED) is 0.851. The van der Waals surface area contributed by atoms with Gasteiger partial charge in [0.05, 0.1) is 7.11 Å². The maximum Gasteiger partial charge on any atom is 0.325 e. The third-order valence-corrected chi connectivity index (χ3v) is 4.99. The number of hydrogen-bond acceptors (Lipinski definition) is 3. The Bertz CT molecular complexity index is 834. The fourth-order valence-corrected chi connectivity index (χ4v) is 3.58. The first kappa shape index (κ1) is 16.4. The molecule has 2 aromatic carbocycles. The molecule has 6 heteroatoms. The van der Waals surface area contributed by atoms with E-state index >= 15 is 0 Å². The minimum absolute atomic E-state index is 0.0279. The van der Waals surface area contributed by atoms with E-state index in [1.54, 1.807) is 21.8 Å². The highest BCUT2D eigenvalue weighted by molar-refractivity contribution is 6.01. The van der Waals surface area contributed by atoms with Crippen molar-refractivity contribution in [3.63, 3.8) is 0 Å². The number of rotatable bonds is 4. The van der Waals surface area contributed by atoms with Crippen LogP contribution >= 0.6 is 0 Å². The van der Waals surface area contributed by atoms with Gasteiger partial charge in [-0.2, -0.15) is 0 Å². The second-order valence-electron chi connectivity index (χ2n) is 6.48. The van der Waals surface area contributed by atoms with Gasteiger partial charge in [-0.25, -0.2) is 4.79 Å². The van der Waals surface area contributed by atoms with Crippen LogP contribution in [0.15, 0.2) is 48.5 Å². The number of nitrogens with zero attached hydrogens (tertiary/aromatic N) is 3. The van der Waals surface area contributed by atoms with Gasteiger partial charge < -0.3 is 14.5 Å². The van der Waals surface area contributed by atoms with Crippen molar-refractivity contribution in [2.45, 2.75) is 6.42 Å². The minimum atomic E-state index is -0.129. The van der Waals surface area contributed by atoms with Crippen LogP contribution < -0.4 is 14.5 Å².